The van der Waals surface area contributed by atoms with Gasteiger partial charge >= 0.3 is 0 Å². The molecule has 0 atom stereocenters. The number of amides is 1. The van der Waals surface area contributed by atoms with E-state index in [1.54, 1.807) is 12.3 Å². The third kappa shape index (κ3) is 3.10. The summed E-state index contributed by atoms with van der Waals surface area (Å²) in [5.74, 6) is 5.09. The molecule has 0 bridgehead atoms. The number of pyridine rings is 1. The van der Waals surface area contributed by atoms with E-state index in [1.165, 1.54) is 6.20 Å². The average molecular weight is 321 g/mol. The molecule has 6 heteroatoms. The van der Waals surface area contributed by atoms with E-state index in [9.17, 15) is 4.79 Å². The van der Waals surface area contributed by atoms with Crippen LogP contribution in [-0.4, -0.2) is 10.9 Å². The molecule has 1 amide bonds. The van der Waals surface area contributed by atoms with Crippen LogP contribution in [0.25, 0.3) is 0 Å². The van der Waals surface area contributed by atoms with Gasteiger partial charge in [0, 0.05) is 16.9 Å². The lowest BCUT2D eigenvalue weighted by Gasteiger charge is -2.10. The Morgan fingerprint density at radius 1 is 1.32 bits per heavy atom. The number of hydrazine groups is 1. The van der Waals surface area contributed by atoms with Gasteiger partial charge in [-0.05, 0) is 46.6 Å². The molecule has 0 aliphatic heterocycles. The van der Waals surface area contributed by atoms with Gasteiger partial charge in [-0.1, -0.05) is 6.07 Å². The number of rotatable bonds is 3. The van der Waals surface area contributed by atoms with Gasteiger partial charge in [0.1, 0.15) is 0 Å². The van der Waals surface area contributed by atoms with Crippen LogP contribution in [-0.2, 0) is 0 Å². The van der Waals surface area contributed by atoms with Crippen molar-refractivity contribution in [2.24, 2.45) is 5.84 Å². The molecule has 0 aliphatic rings. The number of hydrogen-bond acceptors (Lipinski definition) is 4. The van der Waals surface area contributed by atoms with E-state index in [0.717, 1.165) is 10.0 Å². The highest BCUT2D eigenvalue weighted by Gasteiger charge is 2.12. The smallest absolute Gasteiger partial charge is 0.259 e. The molecule has 2 rings (SSSR count). The van der Waals surface area contributed by atoms with Crippen molar-refractivity contribution < 1.29 is 4.79 Å². The van der Waals surface area contributed by atoms with E-state index in [0.29, 0.717) is 16.9 Å². The van der Waals surface area contributed by atoms with Gasteiger partial charge in [0.2, 0.25) is 0 Å². The number of benzene rings is 1. The predicted octanol–water partition coefficient (Wildman–Crippen LogP) is 2.69. The van der Waals surface area contributed by atoms with Crippen molar-refractivity contribution >= 4 is 33.2 Å². The second-order valence-electron chi connectivity index (χ2n) is 4.00. The first kappa shape index (κ1) is 13.5. The van der Waals surface area contributed by atoms with Gasteiger partial charge in [-0.15, -0.1) is 0 Å². The van der Waals surface area contributed by atoms with Gasteiger partial charge in [-0.3, -0.25) is 15.6 Å². The molecule has 19 heavy (non-hydrogen) atoms. The van der Waals surface area contributed by atoms with Crippen LogP contribution in [0, 0.1) is 6.92 Å². The number of aromatic nitrogens is 1. The van der Waals surface area contributed by atoms with Crippen molar-refractivity contribution in [1.82, 2.24) is 4.98 Å². The third-order valence-electron chi connectivity index (χ3n) is 2.59. The van der Waals surface area contributed by atoms with Gasteiger partial charge in [-0.2, -0.15) is 0 Å². The Balaban J connectivity index is 2.26. The van der Waals surface area contributed by atoms with E-state index in [-0.39, 0.29) is 5.91 Å². The van der Waals surface area contributed by atoms with E-state index < -0.39 is 0 Å². The maximum atomic E-state index is 12.2. The lowest BCUT2D eigenvalue weighted by molar-refractivity contribution is 0.102. The van der Waals surface area contributed by atoms with E-state index in [2.05, 4.69) is 31.7 Å². The Labute approximate surface area is 119 Å². The first-order valence-corrected chi connectivity index (χ1v) is 6.39. The zero-order valence-electron chi connectivity index (χ0n) is 10.3. The summed E-state index contributed by atoms with van der Waals surface area (Å²) in [7, 11) is 0. The molecule has 2 aromatic rings. The summed E-state index contributed by atoms with van der Waals surface area (Å²) >= 11 is 3.41. The minimum atomic E-state index is -0.273. The Morgan fingerprint density at radius 3 is 2.79 bits per heavy atom. The SMILES string of the molecule is Cc1ccc(NC(=O)c2cnccc2NN)c(Br)c1. The number of aryl methyl sites for hydroxylation is 1. The maximum absolute atomic E-state index is 12.2. The number of nitrogens with two attached hydrogens (primary N) is 1. The molecule has 4 N–H and O–H groups in total. The largest absolute Gasteiger partial charge is 0.323 e. The summed E-state index contributed by atoms with van der Waals surface area (Å²) in [6, 6.07) is 7.33. The number of carbonyl (C=O) groups excluding carboxylic acids is 1. The van der Waals surface area contributed by atoms with Crippen LogP contribution in [0.1, 0.15) is 15.9 Å². The number of halogens is 1. The van der Waals surface area contributed by atoms with Crippen LogP contribution in [0.5, 0.6) is 0 Å². The predicted molar refractivity (Wildman–Crippen MR) is 78.9 cm³/mol. The van der Waals surface area contributed by atoms with Crippen molar-refractivity contribution in [3.8, 4) is 0 Å². The fourth-order valence-electron chi connectivity index (χ4n) is 1.61. The zero-order chi connectivity index (χ0) is 13.8. The Bertz CT molecular complexity index is 615. The molecular formula is C13H13BrN4O. The van der Waals surface area contributed by atoms with Crippen molar-refractivity contribution in [2.75, 3.05) is 10.7 Å². The van der Waals surface area contributed by atoms with Gasteiger partial charge in [0.05, 0.1) is 16.9 Å². The summed E-state index contributed by atoms with van der Waals surface area (Å²) in [4.78, 5) is 16.1. The minimum absolute atomic E-state index is 0.273. The van der Waals surface area contributed by atoms with E-state index >= 15 is 0 Å². The molecule has 0 aliphatic carbocycles. The van der Waals surface area contributed by atoms with Gasteiger partial charge in [0.25, 0.3) is 5.91 Å². The lowest BCUT2D eigenvalue weighted by Crippen LogP contribution is -2.17. The van der Waals surface area contributed by atoms with Crippen molar-refractivity contribution in [1.29, 1.82) is 0 Å². The summed E-state index contributed by atoms with van der Waals surface area (Å²) < 4.78 is 0.826. The minimum Gasteiger partial charge on any atom is -0.323 e. The number of hydrogen-bond donors (Lipinski definition) is 3. The average Bonchev–Trinajstić information content (AvgIpc) is 2.41. The standard InChI is InChI=1S/C13H13BrN4O/c1-8-2-3-12(10(14)6-8)17-13(19)9-7-16-5-4-11(9)18-15/h2-7H,15H2,1H3,(H,16,18)(H,17,19). The fraction of sp³-hybridized carbons (Fsp3) is 0.0769. The second kappa shape index (κ2) is 5.81. The summed E-state index contributed by atoms with van der Waals surface area (Å²) in [5.41, 5.74) is 5.19. The molecule has 1 aromatic carbocycles. The number of carbonyl (C=O) groups is 1. The van der Waals surface area contributed by atoms with E-state index in [1.807, 2.05) is 25.1 Å². The molecule has 0 fully saturated rings. The molecule has 0 saturated heterocycles. The third-order valence-corrected chi connectivity index (χ3v) is 3.25. The van der Waals surface area contributed by atoms with Crippen LogP contribution in [0.3, 0.4) is 0 Å². The summed E-state index contributed by atoms with van der Waals surface area (Å²) in [5, 5.41) is 2.81. The molecule has 0 spiro atoms. The molecule has 0 saturated carbocycles. The topological polar surface area (TPSA) is 80.0 Å². The van der Waals surface area contributed by atoms with Crippen molar-refractivity contribution in [2.45, 2.75) is 6.92 Å². The van der Waals surface area contributed by atoms with Crippen LogP contribution in [0.2, 0.25) is 0 Å². The lowest BCUT2D eigenvalue weighted by atomic mass is 10.2. The molecule has 0 radical (unpaired) electrons. The molecule has 1 aromatic heterocycles. The normalized spacial score (nSPS) is 10.1. The van der Waals surface area contributed by atoms with Gasteiger partial charge in [-0.25, -0.2) is 0 Å². The fourth-order valence-corrected chi connectivity index (χ4v) is 2.20. The highest BCUT2D eigenvalue weighted by atomic mass is 79.9. The number of nitrogens with zero attached hydrogens (tertiary/aromatic N) is 1. The number of nitrogen functional groups attached to an aromatic ring is 1. The molecule has 0 unspecified atom stereocenters. The van der Waals surface area contributed by atoms with Crippen molar-refractivity contribution in [3.63, 3.8) is 0 Å². The quantitative estimate of drug-likeness (QED) is 0.600. The molecule has 5 nitrogen and oxygen atoms in total. The summed E-state index contributed by atoms with van der Waals surface area (Å²) in [6.45, 7) is 1.98. The first-order valence-electron chi connectivity index (χ1n) is 5.60. The Hall–Kier alpha value is -1.92. The van der Waals surface area contributed by atoms with Crippen LogP contribution < -0.4 is 16.6 Å². The second-order valence-corrected chi connectivity index (χ2v) is 4.86. The van der Waals surface area contributed by atoms with Crippen LogP contribution >= 0.6 is 15.9 Å². The Morgan fingerprint density at radius 2 is 2.11 bits per heavy atom. The first-order chi connectivity index (χ1) is 9.11. The van der Waals surface area contributed by atoms with Crippen molar-refractivity contribution in [3.05, 3.63) is 52.3 Å². The zero-order valence-corrected chi connectivity index (χ0v) is 11.9. The van der Waals surface area contributed by atoms with Gasteiger partial charge < -0.3 is 10.7 Å². The number of nitrogens with one attached hydrogen (secondary N) is 2. The molecule has 98 valence electrons. The summed E-state index contributed by atoms with van der Waals surface area (Å²) in [6.07, 6.45) is 3.03. The van der Waals surface area contributed by atoms with Gasteiger partial charge in [0.15, 0.2) is 0 Å². The monoisotopic (exact) mass is 320 g/mol. The van der Waals surface area contributed by atoms with E-state index in [4.69, 9.17) is 5.84 Å². The highest BCUT2D eigenvalue weighted by Crippen LogP contribution is 2.24. The molecular weight excluding hydrogens is 308 g/mol. The number of anilines is 2. The Kier molecular flexibility index (Phi) is 4.13. The molecule has 1 heterocycles. The van der Waals surface area contributed by atoms with Crippen LogP contribution in [0.4, 0.5) is 11.4 Å². The highest BCUT2D eigenvalue weighted by molar-refractivity contribution is 9.10. The van der Waals surface area contributed by atoms with Crippen LogP contribution in [0.15, 0.2) is 41.1 Å². The maximum Gasteiger partial charge on any atom is 0.259 e.